The molecule has 3 aromatic carbocycles. The Bertz CT molecular complexity index is 1170. The molecular formula is C27H28Cl4N2O2. The van der Waals surface area contributed by atoms with Crippen molar-refractivity contribution < 1.29 is 9.47 Å². The fourth-order valence-corrected chi connectivity index (χ4v) is 4.93. The summed E-state index contributed by atoms with van der Waals surface area (Å²) in [4.78, 5) is 2.36. The number of benzene rings is 3. The second-order valence-electron chi connectivity index (χ2n) is 8.43. The van der Waals surface area contributed by atoms with Crippen LogP contribution in [-0.4, -0.2) is 19.7 Å². The highest BCUT2D eigenvalue weighted by molar-refractivity contribution is 6.42. The number of hydrogen-bond donors (Lipinski definition) is 1. The molecule has 1 saturated heterocycles. The van der Waals surface area contributed by atoms with Gasteiger partial charge < -0.3 is 19.7 Å². The number of hydrogen-bond acceptors (Lipinski definition) is 4. The van der Waals surface area contributed by atoms with Gasteiger partial charge in [0.15, 0.2) is 11.5 Å². The third-order valence-corrected chi connectivity index (χ3v) is 7.31. The first-order chi connectivity index (χ1) is 16.9. The molecule has 0 aliphatic carbocycles. The van der Waals surface area contributed by atoms with Gasteiger partial charge >= 0.3 is 0 Å². The van der Waals surface area contributed by atoms with E-state index in [-0.39, 0.29) is 0 Å². The Morgan fingerprint density at radius 3 is 2.26 bits per heavy atom. The summed E-state index contributed by atoms with van der Waals surface area (Å²) >= 11 is 25.3. The lowest BCUT2D eigenvalue weighted by atomic mass is 10.1. The van der Waals surface area contributed by atoms with Crippen LogP contribution in [0, 0.1) is 0 Å². The van der Waals surface area contributed by atoms with E-state index in [2.05, 4.69) is 22.3 Å². The number of nitrogens with one attached hydrogen (secondary N) is 1. The molecule has 0 radical (unpaired) electrons. The van der Waals surface area contributed by atoms with E-state index in [1.807, 2.05) is 25.1 Å². The van der Waals surface area contributed by atoms with Crippen molar-refractivity contribution in [2.24, 2.45) is 0 Å². The molecule has 1 aliphatic heterocycles. The van der Waals surface area contributed by atoms with Crippen molar-refractivity contribution in [3.8, 4) is 11.5 Å². The molecule has 0 bridgehead atoms. The van der Waals surface area contributed by atoms with Gasteiger partial charge in [-0.3, -0.25) is 0 Å². The van der Waals surface area contributed by atoms with E-state index in [0.29, 0.717) is 46.3 Å². The molecule has 0 unspecified atom stereocenters. The first-order valence-electron chi connectivity index (χ1n) is 11.7. The number of anilines is 2. The van der Waals surface area contributed by atoms with Crippen LogP contribution in [0.15, 0.2) is 48.5 Å². The monoisotopic (exact) mass is 552 g/mol. The Hall–Kier alpha value is -1.98. The van der Waals surface area contributed by atoms with E-state index >= 15 is 0 Å². The lowest BCUT2D eigenvalue weighted by Gasteiger charge is -2.29. The van der Waals surface area contributed by atoms with E-state index in [1.165, 1.54) is 19.3 Å². The Labute approximate surface area is 227 Å². The summed E-state index contributed by atoms with van der Waals surface area (Å²) in [5.41, 5.74) is 3.82. The van der Waals surface area contributed by atoms with Crippen LogP contribution in [0.4, 0.5) is 11.4 Å². The molecule has 1 fully saturated rings. The first kappa shape index (κ1) is 26.1. The van der Waals surface area contributed by atoms with Crippen LogP contribution in [0.2, 0.25) is 20.1 Å². The minimum Gasteiger partial charge on any atom is -0.490 e. The van der Waals surface area contributed by atoms with Crippen LogP contribution in [0.3, 0.4) is 0 Å². The fourth-order valence-electron chi connectivity index (χ4n) is 4.09. The van der Waals surface area contributed by atoms with Gasteiger partial charge in [0.05, 0.1) is 27.4 Å². The number of ether oxygens (including phenoxy) is 2. The summed E-state index contributed by atoms with van der Waals surface area (Å²) in [6, 6.07) is 15.2. The molecule has 1 N–H and O–H groups in total. The Morgan fingerprint density at radius 2 is 1.54 bits per heavy atom. The van der Waals surface area contributed by atoms with Crippen molar-refractivity contribution >= 4 is 57.8 Å². The summed E-state index contributed by atoms with van der Waals surface area (Å²) < 4.78 is 11.8. The van der Waals surface area contributed by atoms with Gasteiger partial charge in [0.2, 0.25) is 0 Å². The maximum Gasteiger partial charge on any atom is 0.163 e. The molecule has 4 rings (SSSR count). The fraction of sp³-hybridized carbons (Fsp3) is 0.333. The maximum absolute atomic E-state index is 6.61. The third kappa shape index (κ3) is 6.83. The predicted molar refractivity (Wildman–Crippen MR) is 148 cm³/mol. The van der Waals surface area contributed by atoms with Gasteiger partial charge in [0.25, 0.3) is 0 Å². The number of halogens is 4. The second kappa shape index (κ2) is 12.3. The summed E-state index contributed by atoms with van der Waals surface area (Å²) in [5.74, 6) is 1.20. The molecule has 8 heteroatoms. The van der Waals surface area contributed by atoms with Crippen LogP contribution in [0.25, 0.3) is 0 Å². The summed E-state index contributed by atoms with van der Waals surface area (Å²) in [5, 5.41) is 5.75. The van der Waals surface area contributed by atoms with Crippen LogP contribution in [0.1, 0.15) is 37.3 Å². The summed E-state index contributed by atoms with van der Waals surface area (Å²) in [6.45, 7) is 5.38. The highest BCUT2D eigenvalue weighted by Crippen LogP contribution is 2.36. The van der Waals surface area contributed by atoms with Crippen LogP contribution < -0.4 is 19.7 Å². The predicted octanol–water partition coefficient (Wildman–Crippen LogP) is 8.88. The molecule has 0 saturated carbocycles. The average molecular weight is 554 g/mol. The third-order valence-electron chi connectivity index (χ3n) is 5.92. The van der Waals surface area contributed by atoms with Crippen molar-refractivity contribution in [3.05, 3.63) is 79.7 Å². The normalized spacial score (nSPS) is 13.6. The summed E-state index contributed by atoms with van der Waals surface area (Å²) in [7, 11) is 0. The molecule has 1 heterocycles. The van der Waals surface area contributed by atoms with E-state index in [1.54, 1.807) is 18.2 Å². The minimum atomic E-state index is 0.312. The van der Waals surface area contributed by atoms with Gasteiger partial charge in [-0.2, -0.15) is 0 Å². The Kier molecular flexibility index (Phi) is 9.18. The van der Waals surface area contributed by atoms with Crippen LogP contribution >= 0.6 is 46.4 Å². The van der Waals surface area contributed by atoms with E-state index in [4.69, 9.17) is 55.9 Å². The molecule has 0 atom stereocenters. The highest BCUT2D eigenvalue weighted by Gasteiger charge is 2.15. The van der Waals surface area contributed by atoms with Crippen molar-refractivity contribution in [2.75, 3.05) is 29.9 Å². The van der Waals surface area contributed by atoms with Crippen molar-refractivity contribution in [3.63, 3.8) is 0 Å². The lowest BCUT2D eigenvalue weighted by molar-refractivity contribution is 0.269. The Balaban J connectivity index is 1.44. The summed E-state index contributed by atoms with van der Waals surface area (Å²) in [6.07, 6.45) is 3.71. The Morgan fingerprint density at radius 1 is 0.771 bits per heavy atom. The molecule has 0 spiro atoms. The maximum atomic E-state index is 6.61. The van der Waals surface area contributed by atoms with E-state index in [0.717, 1.165) is 40.6 Å². The molecule has 35 heavy (non-hydrogen) atoms. The first-order valence-corrected chi connectivity index (χ1v) is 13.3. The molecular weight excluding hydrogens is 526 g/mol. The van der Waals surface area contributed by atoms with E-state index in [9.17, 15) is 0 Å². The lowest BCUT2D eigenvalue weighted by Crippen LogP contribution is -2.29. The zero-order chi connectivity index (χ0) is 24.8. The van der Waals surface area contributed by atoms with Gasteiger partial charge in [0.1, 0.15) is 6.61 Å². The van der Waals surface area contributed by atoms with Gasteiger partial charge in [0, 0.05) is 36.4 Å². The van der Waals surface area contributed by atoms with Gasteiger partial charge in [-0.25, -0.2) is 0 Å². The standard InChI is InChI=1S/C27H28Cl4N2O2/c1-2-34-26-13-19(22(29)15-27(26)35-17-18-6-8-21(28)23(30)12-18)16-32-20-7-9-25(24(31)14-20)33-10-4-3-5-11-33/h6-9,12-15,32H,2-5,10-11,16-17H2,1H3. The average Bonchev–Trinajstić information content (AvgIpc) is 2.86. The quantitative estimate of drug-likeness (QED) is 0.287. The topological polar surface area (TPSA) is 33.7 Å². The zero-order valence-electron chi connectivity index (χ0n) is 19.6. The van der Waals surface area contributed by atoms with Crippen LogP contribution in [-0.2, 0) is 13.2 Å². The molecule has 0 aromatic heterocycles. The number of nitrogens with zero attached hydrogens (tertiary/aromatic N) is 1. The van der Waals surface area contributed by atoms with Crippen molar-refractivity contribution in [1.29, 1.82) is 0 Å². The smallest absolute Gasteiger partial charge is 0.163 e. The molecule has 4 nitrogen and oxygen atoms in total. The molecule has 0 amide bonds. The van der Waals surface area contributed by atoms with Crippen molar-refractivity contribution in [2.45, 2.75) is 39.3 Å². The van der Waals surface area contributed by atoms with Gasteiger partial charge in [-0.1, -0.05) is 52.5 Å². The highest BCUT2D eigenvalue weighted by atomic mass is 35.5. The number of rotatable bonds is 9. The SMILES string of the molecule is CCOc1cc(CNc2ccc(N3CCCCC3)c(Cl)c2)c(Cl)cc1OCc1ccc(Cl)c(Cl)c1. The van der Waals surface area contributed by atoms with Crippen LogP contribution in [0.5, 0.6) is 11.5 Å². The zero-order valence-corrected chi connectivity index (χ0v) is 22.6. The second-order valence-corrected chi connectivity index (χ2v) is 10.1. The minimum absolute atomic E-state index is 0.312. The number of piperidine rings is 1. The molecule has 3 aromatic rings. The van der Waals surface area contributed by atoms with Gasteiger partial charge in [-0.05, 0) is 73.7 Å². The molecule has 1 aliphatic rings. The van der Waals surface area contributed by atoms with Gasteiger partial charge in [-0.15, -0.1) is 0 Å². The van der Waals surface area contributed by atoms with E-state index < -0.39 is 0 Å². The molecule has 186 valence electrons. The van der Waals surface area contributed by atoms with Crippen molar-refractivity contribution in [1.82, 2.24) is 0 Å². The largest absolute Gasteiger partial charge is 0.490 e.